The molecule has 0 aliphatic heterocycles. The highest BCUT2D eigenvalue weighted by Crippen LogP contribution is 2.35. The second-order valence-electron chi connectivity index (χ2n) is 5.67. The summed E-state index contributed by atoms with van der Waals surface area (Å²) in [5.74, 6) is -2.52. The Kier molecular flexibility index (Phi) is 4.76. The number of carbonyl (C=O) groups excluding carboxylic acids is 1. The van der Waals surface area contributed by atoms with Crippen LogP contribution in [0.4, 0.5) is 19.1 Å². The highest BCUT2D eigenvalue weighted by Gasteiger charge is 2.20. The van der Waals surface area contributed by atoms with Crippen LogP contribution >= 0.6 is 0 Å². The van der Waals surface area contributed by atoms with E-state index in [1.54, 1.807) is 0 Å². The number of hydrogen-bond acceptors (Lipinski definition) is 6. The van der Waals surface area contributed by atoms with Crippen molar-refractivity contribution in [1.29, 1.82) is 0 Å². The van der Waals surface area contributed by atoms with E-state index in [1.807, 2.05) is 0 Å². The van der Waals surface area contributed by atoms with E-state index in [0.29, 0.717) is 5.56 Å². The van der Waals surface area contributed by atoms with Crippen molar-refractivity contribution in [3.05, 3.63) is 59.3 Å². The molecule has 3 rings (SSSR count). The van der Waals surface area contributed by atoms with Gasteiger partial charge in [-0.2, -0.15) is 0 Å². The smallest absolute Gasteiger partial charge is 0.280 e. The number of nitrogens with two attached hydrogens (primary N) is 1. The Labute approximate surface area is 151 Å². The standard InChI is InChI=1S/C18H13F3N4O2/c1-8-6-10(7-12(23-8)16(20)21)13-14(9-2-4-11(19)5-3-9)24-18(22)25-15(13)17(26)27/h2-7,16H,1H3,(H,26,27)(H2,22,24,25)/p-1. The lowest BCUT2D eigenvalue weighted by Crippen LogP contribution is -2.25. The van der Waals surface area contributed by atoms with Crippen LogP contribution in [0.1, 0.15) is 28.3 Å². The quantitative estimate of drug-likeness (QED) is 0.754. The molecule has 0 amide bonds. The van der Waals surface area contributed by atoms with E-state index in [-0.39, 0.29) is 28.5 Å². The largest absolute Gasteiger partial charge is 0.543 e. The van der Waals surface area contributed by atoms with E-state index in [0.717, 1.165) is 18.2 Å². The number of carbonyl (C=O) groups is 1. The van der Waals surface area contributed by atoms with Gasteiger partial charge in [0.1, 0.15) is 11.5 Å². The Morgan fingerprint density at radius 2 is 1.74 bits per heavy atom. The van der Waals surface area contributed by atoms with E-state index >= 15 is 0 Å². The fourth-order valence-corrected chi connectivity index (χ4v) is 2.67. The van der Waals surface area contributed by atoms with Crippen LogP contribution in [0.15, 0.2) is 36.4 Å². The fourth-order valence-electron chi connectivity index (χ4n) is 2.67. The summed E-state index contributed by atoms with van der Waals surface area (Å²) in [4.78, 5) is 23.1. The molecule has 27 heavy (non-hydrogen) atoms. The van der Waals surface area contributed by atoms with Crippen molar-refractivity contribution in [1.82, 2.24) is 15.0 Å². The van der Waals surface area contributed by atoms with Gasteiger partial charge < -0.3 is 15.6 Å². The van der Waals surface area contributed by atoms with E-state index in [9.17, 15) is 23.1 Å². The Morgan fingerprint density at radius 3 is 2.33 bits per heavy atom. The molecule has 6 nitrogen and oxygen atoms in total. The van der Waals surface area contributed by atoms with Crippen LogP contribution < -0.4 is 10.8 Å². The first-order chi connectivity index (χ1) is 12.8. The van der Waals surface area contributed by atoms with Crippen molar-refractivity contribution in [2.75, 3.05) is 5.73 Å². The second-order valence-corrected chi connectivity index (χ2v) is 5.67. The summed E-state index contributed by atoms with van der Waals surface area (Å²) in [7, 11) is 0. The van der Waals surface area contributed by atoms with Gasteiger partial charge in [-0.1, -0.05) is 0 Å². The molecule has 2 aromatic heterocycles. The number of carboxylic acid groups (broad SMARTS) is 1. The van der Waals surface area contributed by atoms with Crippen molar-refractivity contribution < 1.29 is 23.1 Å². The maximum Gasteiger partial charge on any atom is 0.280 e. The molecule has 0 fully saturated rings. The lowest BCUT2D eigenvalue weighted by molar-refractivity contribution is -0.255. The van der Waals surface area contributed by atoms with Crippen LogP contribution in [0.2, 0.25) is 0 Å². The van der Waals surface area contributed by atoms with E-state index in [1.165, 1.54) is 25.1 Å². The summed E-state index contributed by atoms with van der Waals surface area (Å²) in [6.07, 6.45) is -2.86. The normalized spacial score (nSPS) is 11.0. The molecule has 0 aliphatic carbocycles. The maximum absolute atomic E-state index is 13.3. The van der Waals surface area contributed by atoms with Gasteiger partial charge in [0.25, 0.3) is 6.43 Å². The van der Waals surface area contributed by atoms with Gasteiger partial charge in [-0.05, 0) is 48.9 Å². The van der Waals surface area contributed by atoms with E-state index in [2.05, 4.69) is 15.0 Å². The van der Waals surface area contributed by atoms with Crippen LogP contribution in [-0.4, -0.2) is 20.9 Å². The molecule has 0 saturated heterocycles. The minimum atomic E-state index is -2.86. The lowest BCUT2D eigenvalue weighted by atomic mass is 9.97. The number of pyridine rings is 1. The summed E-state index contributed by atoms with van der Waals surface area (Å²) in [5.41, 5.74) is 5.17. The van der Waals surface area contributed by atoms with Crippen LogP contribution in [0.5, 0.6) is 0 Å². The Hall–Kier alpha value is -3.49. The first-order valence-corrected chi connectivity index (χ1v) is 7.68. The number of alkyl halides is 2. The number of nitrogen functional groups attached to an aromatic ring is 1. The zero-order valence-electron chi connectivity index (χ0n) is 13.9. The number of hydrogen-bond donors (Lipinski definition) is 1. The molecule has 0 radical (unpaired) electrons. The molecular formula is C18H12F3N4O2-. The van der Waals surface area contributed by atoms with Gasteiger partial charge in [0.2, 0.25) is 5.95 Å². The van der Waals surface area contributed by atoms with Crippen LogP contribution in [0.3, 0.4) is 0 Å². The van der Waals surface area contributed by atoms with Crippen molar-refractivity contribution in [3.8, 4) is 22.4 Å². The van der Waals surface area contributed by atoms with Crippen LogP contribution in [-0.2, 0) is 0 Å². The average Bonchev–Trinajstić information content (AvgIpc) is 2.61. The third kappa shape index (κ3) is 3.71. The minimum absolute atomic E-state index is 0.0486. The zero-order chi connectivity index (χ0) is 19.7. The number of aryl methyl sites for hydroxylation is 1. The van der Waals surface area contributed by atoms with Crippen molar-refractivity contribution in [2.24, 2.45) is 0 Å². The molecular weight excluding hydrogens is 361 g/mol. The summed E-state index contributed by atoms with van der Waals surface area (Å²) in [6, 6.07) is 7.49. The third-order valence-electron chi connectivity index (χ3n) is 3.72. The fraction of sp³-hybridized carbons (Fsp3) is 0.111. The van der Waals surface area contributed by atoms with Gasteiger partial charge in [0.05, 0.1) is 17.4 Å². The lowest BCUT2D eigenvalue weighted by Gasteiger charge is -2.16. The van der Waals surface area contributed by atoms with Crippen molar-refractivity contribution in [3.63, 3.8) is 0 Å². The average molecular weight is 373 g/mol. The Morgan fingerprint density at radius 1 is 1.07 bits per heavy atom. The molecule has 2 heterocycles. The first kappa shape index (κ1) is 18.3. The molecule has 138 valence electrons. The minimum Gasteiger partial charge on any atom is -0.543 e. The molecule has 0 spiro atoms. The van der Waals surface area contributed by atoms with Crippen molar-refractivity contribution in [2.45, 2.75) is 13.3 Å². The number of benzene rings is 1. The maximum atomic E-state index is 13.3. The molecule has 0 saturated carbocycles. The molecule has 9 heteroatoms. The number of carboxylic acids is 1. The molecule has 1 aromatic carbocycles. The third-order valence-corrected chi connectivity index (χ3v) is 3.72. The summed E-state index contributed by atoms with van der Waals surface area (Å²) in [5, 5.41) is 11.6. The summed E-state index contributed by atoms with van der Waals surface area (Å²) >= 11 is 0. The van der Waals surface area contributed by atoms with Gasteiger partial charge in [0, 0.05) is 16.8 Å². The molecule has 3 aromatic rings. The number of anilines is 1. The SMILES string of the molecule is Cc1cc(-c2c(C(=O)[O-])nc(N)nc2-c2ccc(F)cc2)cc(C(F)F)n1. The second kappa shape index (κ2) is 7.02. The Balaban J connectivity index is 2.37. The predicted octanol–water partition coefficient (Wildman–Crippen LogP) is 2.54. The Bertz CT molecular complexity index is 1020. The zero-order valence-corrected chi connectivity index (χ0v) is 13.9. The number of nitrogens with zero attached hydrogens (tertiary/aromatic N) is 3. The summed E-state index contributed by atoms with van der Waals surface area (Å²) in [6.45, 7) is 1.49. The number of rotatable bonds is 4. The van der Waals surface area contributed by atoms with Gasteiger partial charge in [0.15, 0.2) is 0 Å². The molecule has 0 unspecified atom stereocenters. The molecule has 0 bridgehead atoms. The van der Waals surface area contributed by atoms with E-state index < -0.39 is 29.6 Å². The van der Waals surface area contributed by atoms with Gasteiger partial charge in [-0.3, -0.25) is 4.98 Å². The van der Waals surface area contributed by atoms with Crippen LogP contribution in [0, 0.1) is 12.7 Å². The predicted molar refractivity (Wildman–Crippen MR) is 89.1 cm³/mol. The highest BCUT2D eigenvalue weighted by molar-refractivity contribution is 5.98. The molecule has 2 N–H and O–H groups in total. The molecule has 0 atom stereocenters. The van der Waals surface area contributed by atoms with Crippen molar-refractivity contribution >= 4 is 11.9 Å². The highest BCUT2D eigenvalue weighted by atomic mass is 19.3. The number of aromatic nitrogens is 3. The van der Waals surface area contributed by atoms with Gasteiger partial charge in [-0.15, -0.1) is 0 Å². The molecule has 0 aliphatic rings. The van der Waals surface area contributed by atoms with Gasteiger partial charge in [-0.25, -0.2) is 23.1 Å². The number of halogens is 3. The first-order valence-electron chi connectivity index (χ1n) is 7.68. The van der Waals surface area contributed by atoms with E-state index in [4.69, 9.17) is 5.73 Å². The monoisotopic (exact) mass is 373 g/mol. The van der Waals surface area contributed by atoms with Gasteiger partial charge >= 0.3 is 0 Å². The van der Waals surface area contributed by atoms with Crippen LogP contribution in [0.25, 0.3) is 22.4 Å². The summed E-state index contributed by atoms with van der Waals surface area (Å²) < 4.78 is 39.6. The number of aromatic carboxylic acids is 1. The topological polar surface area (TPSA) is 105 Å².